The first-order valence-electron chi connectivity index (χ1n) is 5.49. The van der Waals surface area contributed by atoms with Crippen molar-refractivity contribution in [3.63, 3.8) is 0 Å². The number of amides is 2. The molecule has 0 aromatic heterocycles. The lowest BCUT2D eigenvalue weighted by molar-refractivity contribution is -0.119. The Morgan fingerprint density at radius 2 is 1.82 bits per heavy atom. The normalized spacial score (nSPS) is 10.2. The summed E-state index contributed by atoms with van der Waals surface area (Å²) in [4.78, 5) is 23.1. The van der Waals surface area contributed by atoms with Crippen LogP contribution in [0.15, 0.2) is 10.5 Å². The van der Waals surface area contributed by atoms with Gasteiger partial charge in [-0.3, -0.25) is 14.9 Å². The van der Waals surface area contributed by atoms with Crippen LogP contribution in [0.25, 0.3) is 0 Å². The van der Waals surface area contributed by atoms with Crippen LogP contribution in [0.4, 0.5) is 0 Å². The summed E-state index contributed by atoms with van der Waals surface area (Å²) in [6.07, 6.45) is 0.299. The molecule has 0 fully saturated rings. The third-order valence-corrected chi connectivity index (χ3v) is 3.92. The topological polar surface area (TPSA) is 46.2 Å². The molecule has 0 bridgehead atoms. The van der Waals surface area contributed by atoms with Gasteiger partial charge in [-0.25, -0.2) is 0 Å². The minimum atomic E-state index is -0.352. The van der Waals surface area contributed by atoms with Gasteiger partial charge < -0.3 is 0 Å². The molecule has 0 heterocycles. The van der Waals surface area contributed by atoms with Crippen molar-refractivity contribution in [3.05, 3.63) is 32.8 Å². The predicted octanol–water partition coefficient (Wildman–Crippen LogP) is 3.04. The van der Waals surface area contributed by atoms with E-state index in [2.05, 4.69) is 21.2 Å². The average Bonchev–Trinajstić information content (AvgIpc) is 2.30. The highest BCUT2D eigenvalue weighted by molar-refractivity contribution is 9.10. The summed E-state index contributed by atoms with van der Waals surface area (Å²) in [6.45, 7) is 7.62. The first-order valence-corrected chi connectivity index (χ1v) is 6.28. The molecular formula is C13H16BrNO2. The van der Waals surface area contributed by atoms with Gasteiger partial charge in [-0.1, -0.05) is 6.92 Å². The largest absolute Gasteiger partial charge is 0.292 e. The van der Waals surface area contributed by atoms with Crippen LogP contribution in [-0.4, -0.2) is 11.8 Å². The number of benzene rings is 1. The number of hydrogen-bond acceptors (Lipinski definition) is 2. The summed E-state index contributed by atoms with van der Waals surface area (Å²) in [5, 5.41) is 2.35. The number of carbonyl (C=O) groups is 2. The van der Waals surface area contributed by atoms with Gasteiger partial charge in [-0.15, -0.1) is 0 Å². The molecule has 0 saturated heterocycles. The van der Waals surface area contributed by atoms with Crippen molar-refractivity contribution < 1.29 is 9.59 Å². The van der Waals surface area contributed by atoms with E-state index in [1.54, 1.807) is 13.0 Å². The number of aryl methyl sites for hydroxylation is 1. The van der Waals surface area contributed by atoms with Gasteiger partial charge in [0.15, 0.2) is 0 Å². The molecule has 0 radical (unpaired) electrons. The standard InChI is InChI=1S/C13H16BrNO2/c1-5-11(16)15-13(17)10-6-7(2)8(3)9(4)12(10)14/h6H,5H2,1-4H3,(H,15,16,17). The smallest absolute Gasteiger partial charge is 0.259 e. The van der Waals surface area contributed by atoms with Crippen molar-refractivity contribution in [1.29, 1.82) is 0 Å². The van der Waals surface area contributed by atoms with Crippen molar-refractivity contribution in [2.45, 2.75) is 34.1 Å². The Bertz CT molecular complexity index is 481. The summed E-state index contributed by atoms with van der Waals surface area (Å²) < 4.78 is 0.752. The summed E-state index contributed by atoms with van der Waals surface area (Å²) >= 11 is 3.41. The first kappa shape index (κ1) is 13.9. The average molecular weight is 298 g/mol. The summed E-state index contributed by atoms with van der Waals surface area (Å²) in [7, 11) is 0. The Kier molecular flexibility index (Phi) is 4.46. The monoisotopic (exact) mass is 297 g/mol. The van der Waals surface area contributed by atoms with Gasteiger partial charge in [0.1, 0.15) is 0 Å². The quantitative estimate of drug-likeness (QED) is 0.912. The number of imide groups is 1. The van der Waals surface area contributed by atoms with E-state index in [1.165, 1.54) is 0 Å². The van der Waals surface area contributed by atoms with Gasteiger partial charge in [0.05, 0.1) is 5.56 Å². The molecule has 0 aliphatic carbocycles. The van der Waals surface area contributed by atoms with Crippen LogP contribution in [0.5, 0.6) is 0 Å². The Morgan fingerprint density at radius 3 is 2.35 bits per heavy atom. The van der Waals surface area contributed by atoms with Gasteiger partial charge in [-0.05, 0) is 59.5 Å². The van der Waals surface area contributed by atoms with Crippen LogP contribution >= 0.6 is 15.9 Å². The molecule has 92 valence electrons. The maximum absolute atomic E-state index is 11.9. The third kappa shape index (κ3) is 2.94. The number of halogens is 1. The van der Waals surface area contributed by atoms with Gasteiger partial charge in [0.2, 0.25) is 5.91 Å². The van der Waals surface area contributed by atoms with E-state index in [4.69, 9.17) is 0 Å². The van der Waals surface area contributed by atoms with E-state index in [-0.39, 0.29) is 11.8 Å². The van der Waals surface area contributed by atoms with Gasteiger partial charge in [0, 0.05) is 10.9 Å². The maximum Gasteiger partial charge on any atom is 0.259 e. The highest BCUT2D eigenvalue weighted by atomic mass is 79.9. The molecule has 1 aromatic carbocycles. The second kappa shape index (κ2) is 5.45. The van der Waals surface area contributed by atoms with E-state index in [1.807, 2.05) is 20.8 Å². The maximum atomic E-state index is 11.9. The molecule has 1 N–H and O–H groups in total. The summed E-state index contributed by atoms with van der Waals surface area (Å²) in [5.41, 5.74) is 3.72. The highest BCUT2D eigenvalue weighted by Gasteiger charge is 2.16. The van der Waals surface area contributed by atoms with Crippen molar-refractivity contribution in [2.24, 2.45) is 0 Å². The molecule has 0 saturated carbocycles. The van der Waals surface area contributed by atoms with Crippen LogP contribution in [0.1, 0.15) is 40.4 Å². The zero-order valence-corrected chi connectivity index (χ0v) is 12.1. The third-order valence-electron chi connectivity index (χ3n) is 2.90. The number of hydrogen-bond donors (Lipinski definition) is 1. The molecule has 0 aliphatic heterocycles. The molecule has 0 atom stereocenters. The van der Waals surface area contributed by atoms with E-state index in [0.29, 0.717) is 12.0 Å². The molecule has 3 nitrogen and oxygen atoms in total. The molecular weight excluding hydrogens is 282 g/mol. The van der Waals surface area contributed by atoms with Crippen molar-refractivity contribution in [3.8, 4) is 0 Å². The van der Waals surface area contributed by atoms with Crippen LogP contribution in [0.2, 0.25) is 0 Å². The second-order valence-corrected chi connectivity index (χ2v) is 4.83. The zero-order chi connectivity index (χ0) is 13.2. The fraction of sp³-hybridized carbons (Fsp3) is 0.385. The Hall–Kier alpha value is -1.16. The molecule has 2 amide bonds. The van der Waals surface area contributed by atoms with E-state index < -0.39 is 0 Å². The van der Waals surface area contributed by atoms with Gasteiger partial charge in [-0.2, -0.15) is 0 Å². The molecule has 0 unspecified atom stereocenters. The summed E-state index contributed by atoms with van der Waals surface area (Å²) in [6, 6.07) is 1.80. The van der Waals surface area contributed by atoms with Gasteiger partial charge >= 0.3 is 0 Å². The molecule has 0 spiro atoms. The van der Waals surface area contributed by atoms with E-state index in [9.17, 15) is 9.59 Å². The second-order valence-electron chi connectivity index (χ2n) is 4.04. The number of rotatable bonds is 2. The zero-order valence-electron chi connectivity index (χ0n) is 10.5. The Labute approximate surface area is 110 Å². The fourth-order valence-corrected chi connectivity index (χ4v) is 2.09. The molecule has 0 aliphatic rings. The molecule has 4 heteroatoms. The molecule has 17 heavy (non-hydrogen) atoms. The lowest BCUT2D eigenvalue weighted by Crippen LogP contribution is -2.30. The van der Waals surface area contributed by atoms with Crippen LogP contribution in [0, 0.1) is 20.8 Å². The Balaban J connectivity index is 3.15. The SMILES string of the molecule is CCC(=O)NC(=O)c1cc(C)c(C)c(C)c1Br. The predicted molar refractivity (Wildman–Crippen MR) is 71.1 cm³/mol. The van der Waals surface area contributed by atoms with Crippen LogP contribution < -0.4 is 5.32 Å². The van der Waals surface area contributed by atoms with Crippen LogP contribution in [0.3, 0.4) is 0 Å². The van der Waals surface area contributed by atoms with Crippen molar-refractivity contribution in [2.75, 3.05) is 0 Å². The molecule has 1 aromatic rings. The molecule has 1 rings (SSSR count). The summed E-state index contributed by atoms with van der Waals surface area (Å²) in [5.74, 6) is -0.618. The van der Waals surface area contributed by atoms with Gasteiger partial charge in [0.25, 0.3) is 5.91 Å². The van der Waals surface area contributed by atoms with E-state index in [0.717, 1.165) is 21.2 Å². The first-order chi connectivity index (χ1) is 7.88. The number of nitrogens with one attached hydrogen (secondary N) is 1. The highest BCUT2D eigenvalue weighted by Crippen LogP contribution is 2.26. The minimum absolute atomic E-state index is 0.266. The Morgan fingerprint density at radius 1 is 1.24 bits per heavy atom. The van der Waals surface area contributed by atoms with Crippen molar-refractivity contribution in [1.82, 2.24) is 5.32 Å². The lowest BCUT2D eigenvalue weighted by atomic mass is 10.0. The fourth-order valence-electron chi connectivity index (χ4n) is 1.50. The lowest BCUT2D eigenvalue weighted by Gasteiger charge is -2.12. The van der Waals surface area contributed by atoms with Crippen LogP contribution in [-0.2, 0) is 4.79 Å². The van der Waals surface area contributed by atoms with E-state index >= 15 is 0 Å². The number of carbonyl (C=O) groups excluding carboxylic acids is 2. The van der Waals surface area contributed by atoms with Crippen molar-refractivity contribution >= 4 is 27.7 Å². The minimum Gasteiger partial charge on any atom is -0.292 e.